The van der Waals surface area contributed by atoms with E-state index in [4.69, 9.17) is 14.0 Å². The lowest BCUT2D eigenvalue weighted by atomic mass is 9.72. The summed E-state index contributed by atoms with van der Waals surface area (Å²) in [6, 6.07) is 5.89. The fourth-order valence-electron chi connectivity index (χ4n) is 4.66. The van der Waals surface area contributed by atoms with Gasteiger partial charge in [0.15, 0.2) is 17.3 Å². The smallest absolute Gasteiger partial charge is 0.232 e. The number of nitrogens with one attached hydrogen (secondary N) is 1. The molecule has 0 spiro atoms. The second kappa shape index (κ2) is 7.58. The molecule has 1 aliphatic carbocycles. The van der Waals surface area contributed by atoms with E-state index in [1.807, 2.05) is 25.1 Å². The van der Waals surface area contributed by atoms with E-state index in [-0.39, 0.29) is 17.6 Å². The van der Waals surface area contributed by atoms with E-state index in [0.717, 1.165) is 40.9 Å². The fourth-order valence-corrected chi connectivity index (χ4v) is 4.66. The Morgan fingerprint density at radius 1 is 1.21 bits per heavy atom. The Kier molecular flexibility index (Phi) is 5.11. The summed E-state index contributed by atoms with van der Waals surface area (Å²) in [4.78, 5) is 13.3. The average Bonchev–Trinajstić information content (AvgIpc) is 3.07. The number of Topliss-reactive ketones (excluding diaryl/α,β-unsaturated/α-hetero) is 1. The van der Waals surface area contributed by atoms with Crippen LogP contribution in [0.5, 0.6) is 11.5 Å². The van der Waals surface area contributed by atoms with Crippen LogP contribution in [0.2, 0.25) is 0 Å². The van der Waals surface area contributed by atoms with Crippen molar-refractivity contribution in [3.05, 3.63) is 46.3 Å². The number of methoxy groups -OCH3 is 2. The molecular weight excluding hydrogens is 368 g/mol. The molecule has 2 heterocycles. The van der Waals surface area contributed by atoms with Gasteiger partial charge < -0.3 is 19.3 Å². The van der Waals surface area contributed by atoms with Gasteiger partial charge >= 0.3 is 0 Å². The van der Waals surface area contributed by atoms with E-state index >= 15 is 0 Å². The molecule has 2 aromatic rings. The zero-order valence-corrected chi connectivity index (χ0v) is 17.7. The van der Waals surface area contributed by atoms with Gasteiger partial charge in [-0.05, 0) is 49.3 Å². The van der Waals surface area contributed by atoms with Gasteiger partial charge in [0.1, 0.15) is 0 Å². The lowest BCUT2D eigenvalue weighted by molar-refractivity contribution is -0.116. The molecule has 0 bridgehead atoms. The minimum Gasteiger partial charge on any atom is -0.493 e. The quantitative estimate of drug-likeness (QED) is 0.770. The first-order valence-electron chi connectivity index (χ1n) is 10.1. The topological polar surface area (TPSA) is 73.6 Å². The van der Waals surface area contributed by atoms with Gasteiger partial charge in [-0.15, -0.1) is 0 Å². The number of nitrogens with zero attached hydrogens (tertiary/aromatic N) is 1. The number of carbonyl (C=O) groups is 1. The lowest BCUT2D eigenvalue weighted by Gasteiger charge is -2.35. The summed E-state index contributed by atoms with van der Waals surface area (Å²) >= 11 is 0. The van der Waals surface area contributed by atoms with Crippen LogP contribution >= 0.6 is 0 Å². The first kappa shape index (κ1) is 19.6. The molecule has 1 aliphatic heterocycles. The van der Waals surface area contributed by atoms with Gasteiger partial charge in [-0.25, -0.2) is 0 Å². The van der Waals surface area contributed by atoms with Gasteiger partial charge in [-0.3, -0.25) is 4.79 Å². The minimum atomic E-state index is 0.0475. The third kappa shape index (κ3) is 3.41. The number of benzene rings is 1. The number of hydrogen-bond acceptors (Lipinski definition) is 6. The van der Waals surface area contributed by atoms with Crippen LogP contribution < -0.4 is 14.8 Å². The summed E-state index contributed by atoms with van der Waals surface area (Å²) in [6.45, 7) is 6.32. The molecule has 0 saturated carbocycles. The Labute approximate surface area is 171 Å². The zero-order valence-electron chi connectivity index (χ0n) is 17.7. The minimum absolute atomic E-state index is 0.0475. The number of ether oxygens (including phenoxy) is 2. The van der Waals surface area contributed by atoms with Crippen molar-refractivity contribution in [1.82, 2.24) is 5.16 Å². The molecule has 1 N–H and O–H groups in total. The molecule has 1 aromatic heterocycles. The number of carbonyl (C=O) groups excluding carboxylic acids is 1. The van der Waals surface area contributed by atoms with Gasteiger partial charge in [0.25, 0.3) is 0 Å². The largest absolute Gasteiger partial charge is 0.493 e. The van der Waals surface area contributed by atoms with Crippen LogP contribution in [0.15, 0.2) is 34.0 Å². The summed E-state index contributed by atoms with van der Waals surface area (Å²) in [5, 5.41) is 7.53. The van der Waals surface area contributed by atoms with Crippen molar-refractivity contribution in [3.63, 3.8) is 0 Å². The second-order valence-electron chi connectivity index (χ2n) is 8.35. The maximum Gasteiger partial charge on any atom is 0.232 e. The standard InChI is InChI=1S/C23H28N2O4/c1-12(2)8-16-21-13(3)25-29-23(21)24-17-9-15(10-18(26)22(16)17)14-6-7-19(27-4)20(11-14)28-5/h6-7,11-12,15-16,24H,8-10H2,1-5H3/t15-,16-/m1/s1. The fraction of sp³-hybridized carbons (Fsp3) is 0.478. The maximum absolute atomic E-state index is 13.3. The monoisotopic (exact) mass is 396 g/mol. The van der Waals surface area contributed by atoms with Crippen molar-refractivity contribution >= 4 is 11.7 Å². The van der Waals surface area contributed by atoms with E-state index in [9.17, 15) is 4.79 Å². The average molecular weight is 396 g/mol. The number of aromatic nitrogens is 1. The highest BCUT2D eigenvalue weighted by Gasteiger charge is 2.40. The van der Waals surface area contributed by atoms with Crippen LogP contribution in [0.3, 0.4) is 0 Å². The van der Waals surface area contributed by atoms with Gasteiger partial charge in [0, 0.05) is 29.2 Å². The Balaban J connectivity index is 1.70. The summed E-state index contributed by atoms with van der Waals surface area (Å²) < 4.78 is 16.3. The Morgan fingerprint density at radius 3 is 2.66 bits per heavy atom. The molecule has 0 saturated heterocycles. The molecule has 6 heteroatoms. The summed E-state index contributed by atoms with van der Waals surface area (Å²) in [5.41, 5.74) is 4.85. The molecular formula is C23H28N2O4. The predicted molar refractivity (Wildman–Crippen MR) is 111 cm³/mol. The molecule has 4 rings (SSSR count). The van der Waals surface area contributed by atoms with Crippen LogP contribution in [0, 0.1) is 12.8 Å². The highest BCUT2D eigenvalue weighted by atomic mass is 16.5. The normalized spacial score (nSPS) is 21.0. The number of ketones is 1. The van der Waals surface area contributed by atoms with Crippen LogP contribution in [0.25, 0.3) is 0 Å². The molecule has 154 valence electrons. The van der Waals surface area contributed by atoms with Crippen molar-refractivity contribution < 1.29 is 18.8 Å². The van der Waals surface area contributed by atoms with Crippen LogP contribution in [0.4, 0.5) is 5.88 Å². The van der Waals surface area contributed by atoms with E-state index in [2.05, 4.69) is 24.3 Å². The van der Waals surface area contributed by atoms with Crippen molar-refractivity contribution in [2.75, 3.05) is 19.5 Å². The SMILES string of the molecule is COc1ccc([C@H]2CC(=O)C3=C(C2)Nc2onc(C)c2[C@H]3CC(C)C)cc1OC. The van der Waals surface area contributed by atoms with Crippen LogP contribution in [-0.2, 0) is 4.79 Å². The summed E-state index contributed by atoms with van der Waals surface area (Å²) in [6.07, 6.45) is 2.15. The van der Waals surface area contributed by atoms with Crippen molar-refractivity contribution in [2.45, 2.75) is 51.9 Å². The molecule has 0 fully saturated rings. The molecule has 0 amide bonds. The number of rotatable bonds is 5. The van der Waals surface area contributed by atoms with E-state index in [1.165, 1.54) is 0 Å². The van der Waals surface area contributed by atoms with Crippen molar-refractivity contribution in [2.24, 2.45) is 5.92 Å². The third-order valence-electron chi connectivity index (χ3n) is 5.96. The molecule has 2 atom stereocenters. The molecule has 29 heavy (non-hydrogen) atoms. The number of hydrogen-bond donors (Lipinski definition) is 1. The molecule has 0 radical (unpaired) electrons. The van der Waals surface area contributed by atoms with Crippen LogP contribution in [-0.4, -0.2) is 25.2 Å². The highest BCUT2D eigenvalue weighted by Crippen LogP contribution is 2.49. The van der Waals surface area contributed by atoms with Gasteiger partial charge in [-0.1, -0.05) is 25.1 Å². The summed E-state index contributed by atoms with van der Waals surface area (Å²) in [5.74, 6) is 2.85. The number of aryl methyl sites for hydroxylation is 1. The Bertz CT molecular complexity index is 973. The third-order valence-corrected chi connectivity index (χ3v) is 5.96. The molecule has 0 unspecified atom stereocenters. The number of anilines is 1. The first-order chi connectivity index (χ1) is 13.9. The van der Waals surface area contributed by atoms with Crippen molar-refractivity contribution in [1.29, 1.82) is 0 Å². The Morgan fingerprint density at radius 2 is 1.97 bits per heavy atom. The second-order valence-corrected chi connectivity index (χ2v) is 8.35. The van der Waals surface area contributed by atoms with Gasteiger partial charge in [0.05, 0.1) is 19.9 Å². The summed E-state index contributed by atoms with van der Waals surface area (Å²) in [7, 11) is 3.25. The first-order valence-corrected chi connectivity index (χ1v) is 10.1. The highest BCUT2D eigenvalue weighted by molar-refractivity contribution is 6.00. The molecule has 6 nitrogen and oxygen atoms in total. The number of allylic oxidation sites excluding steroid dienone is 2. The van der Waals surface area contributed by atoms with Crippen molar-refractivity contribution in [3.8, 4) is 11.5 Å². The van der Waals surface area contributed by atoms with Gasteiger partial charge in [-0.2, -0.15) is 0 Å². The van der Waals surface area contributed by atoms with Gasteiger partial charge in [0.2, 0.25) is 5.88 Å². The van der Waals surface area contributed by atoms with E-state index in [1.54, 1.807) is 14.2 Å². The Hall–Kier alpha value is -2.76. The van der Waals surface area contributed by atoms with E-state index in [0.29, 0.717) is 29.7 Å². The predicted octanol–water partition coefficient (Wildman–Crippen LogP) is 4.96. The number of fused-ring (bicyclic) bond motifs is 1. The molecule has 1 aromatic carbocycles. The van der Waals surface area contributed by atoms with E-state index < -0.39 is 0 Å². The molecule has 2 aliphatic rings. The maximum atomic E-state index is 13.3. The van der Waals surface area contributed by atoms with Crippen LogP contribution in [0.1, 0.15) is 61.8 Å². The zero-order chi connectivity index (χ0) is 20.7. The lowest BCUT2D eigenvalue weighted by Crippen LogP contribution is -2.29.